The summed E-state index contributed by atoms with van der Waals surface area (Å²) in [4.78, 5) is 4.71. The Labute approximate surface area is 182 Å². The molecule has 0 saturated heterocycles. The number of aliphatic hydroxyl groups is 1. The standard InChI is InChI=1S/C22H16FN3O3S2/c1-14-2-4-17(5-3-14)31(28,29)26-9-7-18-19(13-27)22(20(23)11-21(18)26)30-16-6-8-25-15(10-16)12-24/h2-11,27H,13H2,1H3. The number of fused-ring (bicyclic) bond motifs is 1. The molecule has 0 fully saturated rings. The maximum absolute atomic E-state index is 15.1. The number of pyridine rings is 1. The van der Waals surface area contributed by atoms with Crippen LogP contribution in [0.4, 0.5) is 4.39 Å². The van der Waals surface area contributed by atoms with Crippen molar-refractivity contribution in [1.82, 2.24) is 8.96 Å². The van der Waals surface area contributed by atoms with E-state index in [0.717, 1.165) is 27.4 Å². The maximum Gasteiger partial charge on any atom is 0.268 e. The molecule has 0 aliphatic rings. The Morgan fingerprint density at radius 2 is 1.94 bits per heavy atom. The van der Waals surface area contributed by atoms with E-state index < -0.39 is 22.4 Å². The first-order valence-corrected chi connectivity index (χ1v) is 11.4. The van der Waals surface area contributed by atoms with Crippen molar-refractivity contribution in [2.24, 2.45) is 0 Å². The molecule has 9 heteroatoms. The number of aromatic nitrogens is 2. The minimum atomic E-state index is -3.94. The van der Waals surface area contributed by atoms with Crippen LogP contribution in [0.25, 0.3) is 10.9 Å². The summed E-state index contributed by atoms with van der Waals surface area (Å²) in [5, 5.41) is 19.4. The van der Waals surface area contributed by atoms with Crippen molar-refractivity contribution in [2.75, 3.05) is 0 Å². The average Bonchev–Trinajstić information content (AvgIpc) is 3.19. The molecular formula is C22H16FN3O3S2. The second kappa shape index (κ2) is 8.15. The number of halogens is 1. The molecule has 0 bridgehead atoms. The van der Waals surface area contributed by atoms with E-state index in [1.54, 1.807) is 24.3 Å². The molecule has 2 heterocycles. The third-order valence-electron chi connectivity index (χ3n) is 4.77. The van der Waals surface area contributed by atoms with Crippen LogP contribution in [0.1, 0.15) is 16.8 Å². The van der Waals surface area contributed by atoms with E-state index in [2.05, 4.69) is 4.98 Å². The van der Waals surface area contributed by atoms with Crippen LogP contribution in [0, 0.1) is 24.1 Å². The smallest absolute Gasteiger partial charge is 0.268 e. The Morgan fingerprint density at radius 1 is 1.19 bits per heavy atom. The molecule has 0 atom stereocenters. The van der Waals surface area contributed by atoms with Crippen LogP contribution in [-0.2, 0) is 16.6 Å². The van der Waals surface area contributed by atoms with E-state index in [-0.39, 0.29) is 26.6 Å². The van der Waals surface area contributed by atoms with Crippen LogP contribution in [0.5, 0.6) is 0 Å². The number of nitriles is 1. The Hall–Kier alpha value is -3.19. The lowest BCUT2D eigenvalue weighted by molar-refractivity contribution is 0.279. The predicted octanol–water partition coefficient (Wildman–Crippen LogP) is 4.24. The molecule has 0 unspecified atom stereocenters. The second-order valence-electron chi connectivity index (χ2n) is 6.78. The minimum Gasteiger partial charge on any atom is -0.392 e. The molecule has 0 amide bonds. The van der Waals surface area contributed by atoms with Crippen molar-refractivity contribution >= 4 is 32.7 Å². The predicted molar refractivity (Wildman–Crippen MR) is 115 cm³/mol. The molecule has 0 aliphatic carbocycles. The first-order valence-electron chi connectivity index (χ1n) is 9.14. The molecule has 0 radical (unpaired) electrons. The maximum atomic E-state index is 15.1. The summed E-state index contributed by atoms with van der Waals surface area (Å²) in [5.41, 5.74) is 1.52. The van der Waals surface area contributed by atoms with Crippen molar-refractivity contribution in [2.45, 2.75) is 28.2 Å². The molecule has 4 rings (SSSR count). The van der Waals surface area contributed by atoms with Gasteiger partial charge in [0.25, 0.3) is 10.0 Å². The van der Waals surface area contributed by atoms with Gasteiger partial charge in [-0.3, -0.25) is 0 Å². The fraction of sp³-hybridized carbons (Fsp3) is 0.0909. The van der Waals surface area contributed by atoms with Crippen LogP contribution < -0.4 is 0 Å². The van der Waals surface area contributed by atoms with Gasteiger partial charge in [0.05, 0.1) is 21.9 Å². The third-order valence-corrected chi connectivity index (χ3v) is 7.61. The van der Waals surface area contributed by atoms with Gasteiger partial charge in [-0.2, -0.15) is 5.26 Å². The molecule has 0 spiro atoms. The molecule has 1 N–H and O–H groups in total. The van der Waals surface area contributed by atoms with Gasteiger partial charge in [-0.25, -0.2) is 21.8 Å². The van der Waals surface area contributed by atoms with E-state index in [1.807, 2.05) is 13.0 Å². The fourth-order valence-corrected chi connectivity index (χ4v) is 5.56. The number of aryl methyl sites for hydroxylation is 1. The summed E-state index contributed by atoms with van der Waals surface area (Å²) in [6.45, 7) is 1.37. The number of benzene rings is 2. The van der Waals surface area contributed by atoms with Crippen molar-refractivity contribution in [3.05, 3.63) is 83.6 Å². The highest BCUT2D eigenvalue weighted by molar-refractivity contribution is 7.99. The van der Waals surface area contributed by atoms with Crippen LogP contribution in [0.2, 0.25) is 0 Å². The van der Waals surface area contributed by atoms with Crippen LogP contribution in [-0.4, -0.2) is 22.5 Å². The quantitative estimate of drug-likeness (QED) is 0.486. The first-order chi connectivity index (χ1) is 14.8. The summed E-state index contributed by atoms with van der Waals surface area (Å²) in [6, 6.07) is 14.1. The minimum absolute atomic E-state index is 0.0841. The Balaban J connectivity index is 1.85. The lowest BCUT2D eigenvalue weighted by atomic mass is 10.1. The second-order valence-corrected chi connectivity index (χ2v) is 9.68. The van der Waals surface area contributed by atoms with E-state index in [4.69, 9.17) is 5.26 Å². The zero-order valence-electron chi connectivity index (χ0n) is 16.3. The van der Waals surface area contributed by atoms with Gasteiger partial charge in [-0.1, -0.05) is 29.5 Å². The van der Waals surface area contributed by atoms with Crippen molar-refractivity contribution in [1.29, 1.82) is 5.26 Å². The number of hydrogen-bond donors (Lipinski definition) is 1. The third kappa shape index (κ3) is 3.81. The topological polar surface area (TPSA) is 96.0 Å². The van der Waals surface area contributed by atoms with Gasteiger partial charge in [0.15, 0.2) is 0 Å². The number of hydrogen-bond acceptors (Lipinski definition) is 6. The van der Waals surface area contributed by atoms with Gasteiger partial charge in [0.1, 0.15) is 17.6 Å². The zero-order chi connectivity index (χ0) is 22.2. The van der Waals surface area contributed by atoms with E-state index in [0.29, 0.717) is 10.3 Å². The lowest BCUT2D eigenvalue weighted by Crippen LogP contribution is -2.12. The van der Waals surface area contributed by atoms with Crippen molar-refractivity contribution < 1.29 is 17.9 Å². The molecule has 2 aromatic heterocycles. The largest absolute Gasteiger partial charge is 0.392 e. The normalized spacial score (nSPS) is 11.5. The average molecular weight is 454 g/mol. The molecule has 2 aromatic carbocycles. The Morgan fingerprint density at radius 3 is 2.61 bits per heavy atom. The van der Waals surface area contributed by atoms with Crippen molar-refractivity contribution in [3.8, 4) is 6.07 Å². The Bertz CT molecular complexity index is 1440. The summed E-state index contributed by atoms with van der Waals surface area (Å²) >= 11 is 1.04. The lowest BCUT2D eigenvalue weighted by Gasteiger charge is -2.13. The summed E-state index contributed by atoms with van der Waals surface area (Å²) in [5.74, 6) is -0.670. The molecule has 156 valence electrons. The van der Waals surface area contributed by atoms with Gasteiger partial charge >= 0.3 is 0 Å². The van der Waals surface area contributed by atoms with Gasteiger partial charge in [0, 0.05) is 34.3 Å². The van der Waals surface area contributed by atoms with Gasteiger partial charge in [0.2, 0.25) is 0 Å². The fourth-order valence-electron chi connectivity index (χ4n) is 3.23. The van der Waals surface area contributed by atoms with Crippen LogP contribution in [0.15, 0.2) is 75.6 Å². The molecule has 4 aromatic rings. The molecule has 31 heavy (non-hydrogen) atoms. The van der Waals surface area contributed by atoms with Crippen LogP contribution >= 0.6 is 11.8 Å². The first kappa shape index (κ1) is 21.1. The monoisotopic (exact) mass is 453 g/mol. The molecule has 6 nitrogen and oxygen atoms in total. The zero-order valence-corrected chi connectivity index (χ0v) is 17.9. The highest BCUT2D eigenvalue weighted by Crippen LogP contribution is 2.38. The summed E-state index contributed by atoms with van der Waals surface area (Å²) in [7, 11) is -3.94. The van der Waals surface area contributed by atoms with E-state index in [9.17, 15) is 13.5 Å². The van der Waals surface area contributed by atoms with Gasteiger partial charge in [-0.15, -0.1) is 0 Å². The number of nitrogens with zero attached hydrogens (tertiary/aromatic N) is 3. The Kier molecular flexibility index (Phi) is 5.54. The SMILES string of the molecule is Cc1ccc(S(=O)(=O)n2ccc3c(CO)c(Sc4ccnc(C#N)c4)c(F)cc32)cc1. The van der Waals surface area contributed by atoms with Gasteiger partial charge in [-0.05, 0) is 37.3 Å². The van der Waals surface area contributed by atoms with E-state index >= 15 is 4.39 Å². The van der Waals surface area contributed by atoms with Crippen LogP contribution in [0.3, 0.4) is 0 Å². The highest BCUT2D eigenvalue weighted by Gasteiger charge is 2.23. The number of aliphatic hydroxyl groups excluding tert-OH is 1. The van der Waals surface area contributed by atoms with Crippen molar-refractivity contribution in [3.63, 3.8) is 0 Å². The molecular weight excluding hydrogens is 437 g/mol. The summed E-state index contributed by atoms with van der Waals surface area (Å²) < 4.78 is 42.4. The van der Waals surface area contributed by atoms with Gasteiger partial charge < -0.3 is 5.11 Å². The summed E-state index contributed by atoms with van der Waals surface area (Å²) in [6.07, 6.45) is 2.80. The highest BCUT2D eigenvalue weighted by atomic mass is 32.2. The molecule has 0 saturated carbocycles. The van der Waals surface area contributed by atoms with E-state index in [1.165, 1.54) is 30.6 Å². The number of rotatable bonds is 5. The molecule has 0 aliphatic heterocycles.